The zero-order valence-corrected chi connectivity index (χ0v) is 8.72. The molecule has 1 aromatic carbocycles. The summed E-state index contributed by atoms with van der Waals surface area (Å²) in [5.41, 5.74) is 7.78. The maximum Gasteiger partial charge on any atom is 0.332 e. The first-order valence-corrected chi connectivity index (χ1v) is 4.64. The van der Waals surface area contributed by atoms with Crippen molar-refractivity contribution >= 4 is 12.2 Å². The van der Waals surface area contributed by atoms with E-state index in [0.29, 0.717) is 6.61 Å². The molecule has 5 nitrogen and oxygen atoms in total. The van der Waals surface area contributed by atoms with Crippen LogP contribution in [0.25, 0.3) is 0 Å². The minimum atomic E-state index is -0.692. The van der Waals surface area contributed by atoms with E-state index >= 15 is 0 Å². The van der Waals surface area contributed by atoms with Crippen LogP contribution in [0, 0.1) is 0 Å². The first-order chi connectivity index (χ1) is 7.72. The predicted octanol–water partition coefficient (Wildman–Crippen LogP) is 1.25. The number of nitrogens with zero attached hydrogens (tertiary/aromatic N) is 1. The quantitative estimate of drug-likeness (QED) is 0.444. The van der Waals surface area contributed by atoms with Gasteiger partial charge in [0.25, 0.3) is 0 Å². The van der Waals surface area contributed by atoms with Crippen LogP contribution in [-0.2, 0) is 0 Å². The molecule has 0 fully saturated rings. The Kier molecular flexibility index (Phi) is 4.59. The molecule has 0 saturated carbocycles. The SMILES string of the molecule is C=CCOc1ccc(C=NNC(N)=O)cc1. The summed E-state index contributed by atoms with van der Waals surface area (Å²) in [4.78, 5) is 10.3. The van der Waals surface area contributed by atoms with Crippen LogP contribution in [0.1, 0.15) is 5.56 Å². The molecule has 1 rings (SSSR count). The number of carbonyl (C=O) groups is 1. The molecule has 16 heavy (non-hydrogen) atoms. The molecule has 0 aliphatic carbocycles. The van der Waals surface area contributed by atoms with Crippen molar-refractivity contribution in [2.24, 2.45) is 10.8 Å². The smallest absolute Gasteiger partial charge is 0.332 e. The summed E-state index contributed by atoms with van der Waals surface area (Å²) in [6.45, 7) is 4.02. The largest absolute Gasteiger partial charge is 0.490 e. The van der Waals surface area contributed by atoms with Gasteiger partial charge in [0.2, 0.25) is 0 Å². The molecule has 0 heterocycles. The van der Waals surface area contributed by atoms with E-state index in [1.807, 2.05) is 12.1 Å². The Labute approximate surface area is 93.6 Å². The van der Waals surface area contributed by atoms with E-state index < -0.39 is 6.03 Å². The molecule has 84 valence electrons. The van der Waals surface area contributed by atoms with E-state index in [4.69, 9.17) is 10.5 Å². The highest BCUT2D eigenvalue weighted by atomic mass is 16.5. The summed E-state index contributed by atoms with van der Waals surface area (Å²) in [7, 11) is 0. The first-order valence-electron chi connectivity index (χ1n) is 4.64. The summed E-state index contributed by atoms with van der Waals surface area (Å²) in [6.07, 6.45) is 3.16. The molecule has 0 aromatic heterocycles. The van der Waals surface area contributed by atoms with Crippen molar-refractivity contribution in [1.29, 1.82) is 0 Å². The molecule has 5 heteroatoms. The van der Waals surface area contributed by atoms with Crippen molar-refractivity contribution in [2.45, 2.75) is 0 Å². The second kappa shape index (κ2) is 6.23. The van der Waals surface area contributed by atoms with Crippen LogP contribution in [-0.4, -0.2) is 18.9 Å². The number of ether oxygens (including phenoxy) is 1. The van der Waals surface area contributed by atoms with Gasteiger partial charge in [-0.1, -0.05) is 12.7 Å². The normalized spacial score (nSPS) is 10.0. The van der Waals surface area contributed by atoms with Crippen LogP contribution in [0.3, 0.4) is 0 Å². The van der Waals surface area contributed by atoms with E-state index in [1.54, 1.807) is 18.2 Å². The highest BCUT2D eigenvalue weighted by Gasteiger charge is 1.92. The summed E-state index contributed by atoms with van der Waals surface area (Å²) < 4.78 is 5.30. The minimum Gasteiger partial charge on any atom is -0.490 e. The number of amides is 2. The fourth-order valence-corrected chi connectivity index (χ4v) is 0.976. The van der Waals surface area contributed by atoms with Gasteiger partial charge >= 0.3 is 6.03 Å². The maximum absolute atomic E-state index is 10.3. The number of rotatable bonds is 5. The van der Waals surface area contributed by atoms with Gasteiger partial charge in [0, 0.05) is 0 Å². The van der Waals surface area contributed by atoms with Gasteiger partial charge in [0.1, 0.15) is 12.4 Å². The Balaban J connectivity index is 2.53. The zero-order chi connectivity index (χ0) is 11.8. The Morgan fingerprint density at radius 1 is 1.50 bits per heavy atom. The summed E-state index contributed by atoms with van der Waals surface area (Å²) in [5, 5.41) is 3.63. The second-order valence-electron chi connectivity index (χ2n) is 2.90. The molecule has 0 aliphatic rings. The van der Waals surface area contributed by atoms with Gasteiger partial charge in [0.05, 0.1) is 6.21 Å². The van der Waals surface area contributed by atoms with Crippen molar-refractivity contribution in [3.05, 3.63) is 42.5 Å². The number of hydrazone groups is 1. The molecular formula is C11H13N3O2. The summed E-state index contributed by atoms with van der Waals surface area (Å²) in [6, 6.07) is 6.53. The number of nitrogens with two attached hydrogens (primary N) is 1. The van der Waals surface area contributed by atoms with Gasteiger partial charge in [-0.2, -0.15) is 5.10 Å². The predicted molar refractivity (Wildman–Crippen MR) is 62.4 cm³/mol. The second-order valence-corrected chi connectivity index (χ2v) is 2.90. The monoisotopic (exact) mass is 219 g/mol. The van der Waals surface area contributed by atoms with Crippen molar-refractivity contribution in [3.63, 3.8) is 0 Å². The molecule has 0 atom stereocenters. The van der Waals surface area contributed by atoms with Gasteiger partial charge in [-0.25, -0.2) is 10.2 Å². The van der Waals surface area contributed by atoms with Crippen LogP contribution in [0.15, 0.2) is 42.0 Å². The van der Waals surface area contributed by atoms with Gasteiger partial charge in [-0.15, -0.1) is 0 Å². The van der Waals surface area contributed by atoms with Crippen LogP contribution in [0.2, 0.25) is 0 Å². The van der Waals surface area contributed by atoms with Crippen LogP contribution in [0.4, 0.5) is 4.79 Å². The lowest BCUT2D eigenvalue weighted by atomic mass is 10.2. The fourth-order valence-electron chi connectivity index (χ4n) is 0.976. The van der Waals surface area contributed by atoms with E-state index in [-0.39, 0.29) is 0 Å². The molecule has 0 radical (unpaired) electrons. The number of nitrogens with one attached hydrogen (secondary N) is 1. The Morgan fingerprint density at radius 3 is 2.75 bits per heavy atom. The van der Waals surface area contributed by atoms with Gasteiger partial charge in [-0.05, 0) is 29.8 Å². The third kappa shape index (κ3) is 4.28. The Hall–Kier alpha value is -2.30. The van der Waals surface area contributed by atoms with E-state index in [0.717, 1.165) is 11.3 Å². The molecule has 0 saturated heterocycles. The molecule has 0 aliphatic heterocycles. The van der Waals surface area contributed by atoms with Crippen molar-refractivity contribution in [1.82, 2.24) is 5.43 Å². The standard InChI is InChI=1S/C11H13N3O2/c1-2-7-16-10-5-3-9(4-6-10)8-13-14-11(12)15/h2-6,8H,1,7H2,(H3,12,14,15). The lowest BCUT2D eigenvalue weighted by Crippen LogP contribution is -2.24. The Morgan fingerprint density at radius 2 is 2.19 bits per heavy atom. The van der Waals surface area contributed by atoms with E-state index in [1.165, 1.54) is 6.21 Å². The molecule has 3 N–H and O–H groups in total. The summed E-state index contributed by atoms with van der Waals surface area (Å²) in [5.74, 6) is 0.750. The first kappa shape index (κ1) is 11.8. The number of hydrogen-bond donors (Lipinski definition) is 2. The van der Waals surface area contributed by atoms with Crippen LogP contribution in [0.5, 0.6) is 5.75 Å². The molecule has 0 bridgehead atoms. The van der Waals surface area contributed by atoms with E-state index in [2.05, 4.69) is 17.1 Å². The molecule has 2 amide bonds. The topological polar surface area (TPSA) is 76.7 Å². The van der Waals surface area contributed by atoms with Gasteiger partial charge in [-0.3, -0.25) is 0 Å². The summed E-state index contributed by atoms with van der Waals surface area (Å²) >= 11 is 0. The number of hydrogen-bond acceptors (Lipinski definition) is 3. The maximum atomic E-state index is 10.3. The van der Waals surface area contributed by atoms with Crippen LogP contribution >= 0.6 is 0 Å². The average Bonchev–Trinajstić information content (AvgIpc) is 2.27. The minimum absolute atomic E-state index is 0.469. The molecule has 1 aromatic rings. The average molecular weight is 219 g/mol. The Bertz CT molecular complexity index is 385. The highest BCUT2D eigenvalue weighted by molar-refractivity contribution is 5.81. The molecule has 0 unspecified atom stereocenters. The molecule has 0 spiro atoms. The lowest BCUT2D eigenvalue weighted by molar-refractivity contribution is 0.249. The van der Waals surface area contributed by atoms with Crippen molar-refractivity contribution < 1.29 is 9.53 Å². The number of benzene rings is 1. The van der Waals surface area contributed by atoms with Crippen LogP contribution < -0.4 is 15.9 Å². The molecular weight excluding hydrogens is 206 g/mol. The number of primary amides is 1. The number of carbonyl (C=O) groups excluding carboxylic acids is 1. The van der Waals surface area contributed by atoms with Crippen molar-refractivity contribution in [2.75, 3.05) is 6.61 Å². The highest BCUT2D eigenvalue weighted by Crippen LogP contribution is 2.10. The fraction of sp³-hybridized carbons (Fsp3) is 0.0909. The van der Waals surface area contributed by atoms with Crippen molar-refractivity contribution in [3.8, 4) is 5.75 Å². The third-order valence-corrected chi connectivity index (χ3v) is 1.64. The third-order valence-electron chi connectivity index (χ3n) is 1.64. The van der Waals surface area contributed by atoms with Gasteiger partial charge < -0.3 is 10.5 Å². The number of urea groups is 1. The zero-order valence-electron chi connectivity index (χ0n) is 8.72. The van der Waals surface area contributed by atoms with Gasteiger partial charge in [0.15, 0.2) is 0 Å². The lowest BCUT2D eigenvalue weighted by Gasteiger charge is -2.02. The van der Waals surface area contributed by atoms with E-state index in [9.17, 15) is 4.79 Å².